The van der Waals surface area contributed by atoms with Crippen LogP contribution >= 0.6 is 0 Å². The summed E-state index contributed by atoms with van der Waals surface area (Å²) < 4.78 is 34.9. The molecule has 3 aromatic rings. The first-order valence-electron chi connectivity index (χ1n) is 7.23. The maximum absolute atomic E-state index is 14.1. The number of nitrogens with zero attached hydrogens (tertiary/aromatic N) is 1. The van der Waals surface area contributed by atoms with Crippen molar-refractivity contribution in [2.24, 2.45) is 0 Å². The average molecular weight is 301 g/mol. The van der Waals surface area contributed by atoms with E-state index in [0.717, 1.165) is 11.1 Å². The minimum absolute atomic E-state index is 0.0977. The highest BCUT2D eigenvalue weighted by Gasteiger charge is 2.15. The third-order valence-electron chi connectivity index (χ3n) is 3.59. The van der Waals surface area contributed by atoms with Crippen LogP contribution in [-0.4, -0.2) is 4.57 Å². The van der Waals surface area contributed by atoms with Crippen LogP contribution in [0.5, 0.6) is 5.75 Å². The molecule has 0 fully saturated rings. The number of ether oxygens (including phenoxy) is 1. The van der Waals surface area contributed by atoms with Crippen LogP contribution in [0, 0.1) is 11.6 Å². The molecule has 1 aromatic heterocycles. The number of para-hydroxylation sites is 1. The molecule has 0 aliphatic heterocycles. The number of benzene rings is 2. The first-order chi connectivity index (χ1) is 10.6. The Labute approximate surface area is 127 Å². The van der Waals surface area contributed by atoms with Gasteiger partial charge in [-0.2, -0.15) is 0 Å². The molecular weight excluding hydrogens is 284 g/mol. The molecule has 0 amide bonds. The van der Waals surface area contributed by atoms with Gasteiger partial charge in [0.25, 0.3) is 0 Å². The Morgan fingerprint density at radius 2 is 1.82 bits per heavy atom. The summed E-state index contributed by atoms with van der Waals surface area (Å²) in [6, 6.07) is 13.0. The second-order valence-corrected chi connectivity index (χ2v) is 5.52. The lowest BCUT2D eigenvalue weighted by Gasteiger charge is -2.15. The van der Waals surface area contributed by atoms with E-state index in [1.807, 2.05) is 30.5 Å². The number of aromatic nitrogens is 1. The molecule has 0 spiro atoms. The highest BCUT2D eigenvalue weighted by Crippen LogP contribution is 2.27. The summed E-state index contributed by atoms with van der Waals surface area (Å²) in [6.07, 6.45) is 0. The second kappa shape index (κ2) is 5.79. The largest absolute Gasteiger partial charge is 0.487 e. The first-order valence-corrected chi connectivity index (χ1v) is 7.23. The molecule has 0 aliphatic rings. The van der Waals surface area contributed by atoms with Gasteiger partial charge in [0, 0.05) is 17.5 Å². The molecule has 2 aromatic carbocycles. The predicted octanol–water partition coefficient (Wildman–Crippen LogP) is 5.08. The molecule has 0 saturated carbocycles. The zero-order valence-electron chi connectivity index (χ0n) is 12.5. The maximum atomic E-state index is 14.1. The highest BCUT2D eigenvalue weighted by atomic mass is 19.1. The summed E-state index contributed by atoms with van der Waals surface area (Å²) in [6.45, 7) is 4.25. The normalized spacial score (nSPS) is 11.3. The lowest BCUT2D eigenvalue weighted by Crippen LogP contribution is -2.09. The zero-order chi connectivity index (χ0) is 15.7. The summed E-state index contributed by atoms with van der Waals surface area (Å²) >= 11 is 0. The van der Waals surface area contributed by atoms with Crippen molar-refractivity contribution >= 4 is 10.9 Å². The van der Waals surface area contributed by atoms with Gasteiger partial charge in [-0.3, -0.25) is 0 Å². The Morgan fingerprint density at radius 3 is 2.55 bits per heavy atom. The van der Waals surface area contributed by atoms with E-state index in [1.54, 1.807) is 18.2 Å². The van der Waals surface area contributed by atoms with Crippen LogP contribution < -0.4 is 4.74 Å². The van der Waals surface area contributed by atoms with Crippen molar-refractivity contribution in [3.05, 3.63) is 65.9 Å². The van der Waals surface area contributed by atoms with Crippen LogP contribution in [0.15, 0.2) is 48.5 Å². The van der Waals surface area contributed by atoms with Crippen LogP contribution in [0.4, 0.5) is 8.78 Å². The van der Waals surface area contributed by atoms with E-state index < -0.39 is 0 Å². The van der Waals surface area contributed by atoms with Crippen LogP contribution in [-0.2, 0) is 6.61 Å². The van der Waals surface area contributed by atoms with E-state index in [2.05, 4.69) is 0 Å². The quantitative estimate of drug-likeness (QED) is 0.655. The number of rotatable bonds is 4. The zero-order valence-corrected chi connectivity index (χ0v) is 12.5. The highest BCUT2D eigenvalue weighted by molar-refractivity contribution is 5.82. The van der Waals surface area contributed by atoms with Gasteiger partial charge in [-0.25, -0.2) is 8.78 Å². The van der Waals surface area contributed by atoms with Crippen molar-refractivity contribution in [1.29, 1.82) is 0 Å². The number of hydrogen-bond acceptors (Lipinski definition) is 1. The fourth-order valence-electron chi connectivity index (χ4n) is 2.71. The van der Waals surface area contributed by atoms with Crippen molar-refractivity contribution in [3.63, 3.8) is 0 Å². The van der Waals surface area contributed by atoms with Crippen molar-refractivity contribution in [1.82, 2.24) is 4.57 Å². The molecule has 0 saturated heterocycles. The Hall–Kier alpha value is -2.36. The van der Waals surface area contributed by atoms with Crippen LogP contribution in [0.3, 0.4) is 0 Å². The van der Waals surface area contributed by atoms with Crippen LogP contribution in [0.1, 0.15) is 25.6 Å². The average Bonchev–Trinajstić information content (AvgIpc) is 2.85. The van der Waals surface area contributed by atoms with Gasteiger partial charge in [0.15, 0.2) is 0 Å². The minimum Gasteiger partial charge on any atom is -0.487 e. The molecule has 4 heteroatoms. The van der Waals surface area contributed by atoms with E-state index in [-0.39, 0.29) is 24.3 Å². The Bertz CT molecular complexity index is 808. The topological polar surface area (TPSA) is 14.2 Å². The third kappa shape index (κ3) is 2.69. The predicted molar refractivity (Wildman–Crippen MR) is 83.0 cm³/mol. The molecule has 3 rings (SSSR count). The van der Waals surface area contributed by atoms with Crippen molar-refractivity contribution < 1.29 is 13.5 Å². The summed E-state index contributed by atoms with van der Waals surface area (Å²) in [4.78, 5) is 0. The third-order valence-corrected chi connectivity index (χ3v) is 3.59. The molecule has 0 atom stereocenters. The van der Waals surface area contributed by atoms with E-state index in [1.165, 1.54) is 18.2 Å². The van der Waals surface area contributed by atoms with Crippen LogP contribution in [0.2, 0.25) is 0 Å². The van der Waals surface area contributed by atoms with Crippen LogP contribution in [0.25, 0.3) is 10.9 Å². The minimum atomic E-state index is -0.340. The van der Waals surface area contributed by atoms with Gasteiger partial charge in [-0.1, -0.05) is 18.2 Å². The van der Waals surface area contributed by atoms with Gasteiger partial charge in [0.05, 0.1) is 11.2 Å². The smallest absolute Gasteiger partial charge is 0.147 e. The standard InChI is InChI=1S/C18H17F2NO/c1-12(2)21-15(9-13-5-3-8-17(20)18(13)21)11-22-16-7-4-6-14(19)10-16/h3-10,12H,11H2,1-2H3. The van der Waals surface area contributed by atoms with Crippen molar-refractivity contribution in [2.75, 3.05) is 0 Å². The van der Waals surface area contributed by atoms with Gasteiger partial charge >= 0.3 is 0 Å². The van der Waals surface area contributed by atoms with Gasteiger partial charge in [0.2, 0.25) is 0 Å². The van der Waals surface area contributed by atoms with E-state index in [4.69, 9.17) is 4.74 Å². The monoisotopic (exact) mass is 301 g/mol. The molecule has 1 heterocycles. The molecule has 2 nitrogen and oxygen atoms in total. The SMILES string of the molecule is CC(C)n1c(COc2cccc(F)c2)cc2cccc(F)c21. The lowest BCUT2D eigenvalue weighted by atomic mass is 10.2. The fourth-order valence-corrected chi connectivity index (χ4v) is 2.71. The molecule has 0 bridgehead atoms. The van der Waals surface area contributed by atoms with Gasteiger partial charge in [-0.05, 0) is 38.1 Å². The Kier molecular flexibility index (Phi) is 3.84. The fraction of sp³-hybridized carbons (Fsp3) is 0.222. The van der Waals surface area contributed by atoms with Crippen molar-refractivity contribution in [2.45, 2.75) is 26.5 Å². The molecule has 0 unspecified atom stereocenters. The Balaban J connectivity index is 1.96. The summed E-state index contributed by atoms with van der Waals surface area (Å²) in [7, 11) is 0. The summed E-state index contributed by atoms with van der Waals surface area (Å²) in [5.74, 6) is -0.128. The lowest BCUT2D eigenvalue weighted by molar-refractivity contribution is 0.291. The number of halogens is 2. The van der Waals surface area contributed by atoms with Gasteiger partial charge in [-0.15, -0.1) is 0 Å². The molecule has 22 heavy (non-hydrogen) atoms. The molecular formula is C18H17F2NO. The first kappa shape index (κ1) is 14.6. The molecule has 0 N–H and O–H groups in total. The van der Waals surface area contributed by atoms with E-state index >= 15 is 0 Å². The van der Waals surface area contributed by atoms with E-state index in [9.17, 15) is 8.78 Å². The number of fused-ring (bicyclic) bond motifs is 1. The second-order valence-electron chi connectivity index (χ2n) is 5.52. The molecule has 0 radical (unpaired) electrons. The molecule has 0 aliphatic carbocycles. The van der Waals surface area contributed by atoms with Gasteiger partial charge in [0.1, 0.15) is 24.0 Å². The molecule has 114 valence electrons. The van der Waals surface area contributed by atoms with E-state index in [0.29, 0.717) is 11.3 Å². The summed E-state index contributed by atoms with van der Waals surface area (Å²) in [5.41, 5.74) is 1.44. The maximum Gasteiger partial charge on any atom is 0.147 e. The summed E-state index contributed by atoms with van der Waals surface area (Å²) in [5, 5.41) is 0.839. The van der Waals surface area contributed by atoms with Gasteiger partial charge < -0.3 is 9.30 Å². The van der Waals surface area contributed by atoms with Crippen molar-refractivity contribution in [3.8, 4) is 5.75 Å². The Morgan fingerprint density at radius 1 is 1.05 bits per heavy atom. The number of hydrogen-bond donors (Lipinski definition) is 0.